The van der Waals surface area contributed by atoms with Crippen LogP contribution in [-0.4, -0.2) is 40.5 Å². The predicted molar refractivity (Wildman–Crippen MR) is 67.8 cm³/mol. The normalized spacial score (nSPS) is 31.5. The van der Waals surface area contributed by atoms with E-state index in [9.17, 15) is 0 Å². The quantitative estimate of drug-likeness (QED) is 0.793. The fraction of sp³-hybridized carbons (Fsp3) is 0.667. The first-order valence-electron chi connectivity index (χ1n) is 6.30. The van der Waals surface area contributed by atoms with E-state index in [1.165, 1.54) is 32.3 Å². The Balaban J connectivity index is 1.76. The average Bonchev–Trinajstić information content (AvgIpc) is 2.36. The number of aromatic nitrogens is 2. The van der Waals surface area contributed by atoms with E-state index < -0.39 is 0 Å². The lowest BCUT2D eigenvalue weighted by Gasteiger charge is -2.45. The predicted octanol–water partition coefficient (Wildman–Crippen LogP) is 0.873. The van der Waals surface area contributed by atoms with Gasteiger partial charge in [-0.3, -0.25) is 0 Å². The number of nitrogens with two attached hydrogens (primary N) is 1. The number of fused-ring (bicyclic) bond motifs is 3. The van der Waals surface area contributed by atoms with Gasteiger partial charge in [-0.1, -0.05) is 0 Å². The van der Waals surface area contributed by atoms with Gasteiger partial charge in [-0.05, 0) is 38.8 Å². The van der Waals surface area contributed by atoms with E-state index in [0.717, 1.165) is 23.8 Å². The molecule has 0 radical (unpaired) electrons. The lowest BCUT2D eigenvalue weighted by atomic mass is 9.84. The lowest BCUT2D eigenvalue weighted by Crippen LogP contribution is -2.53. The monoisotopic (exact) mass is 233 g/mol. The number of rotatable bonds is 2. The average molecular weight is 233 g/mol. The van der Waals surface area contributed by atoms with Gasteiger partial charge >= 0.3 is 0 Å². The molecule has 17 heavy (non-hydrogen) atoms. The first-order valence-corrected chi connectivity index (χ1v) is 6.30. The number of hydrogen-bond donors (Lipinski definition) is 2. The fourth-order valence-corrected chi connectivity index (χ4v) is 2.91. The van der Waals surface area contributed by atoms with Crippen molar-refractivity contribution >= 4 is 11.6 Å². The van der Waals surface area contributed by atoms with Crippen molar-refractivity contribution in [1.29, 1.82) is 0 Å². The van der Waals surface area contributed by atoms with Gasteiger partial charge in [-0.15, -0.1) is 0 Å². The van der Waals surface area contributed by atoms with E-state index in [0.29, 0.717) is 11.9 Å². The summed E-state index contributed by atoms with van der Waals surface area (Å²) in [4.78, 5) is 10.8. The molecular formula is C12H19N5. The van der Waals surface area contributed by atoms with Gasteiger partial charge in [0.05, 0.1) is 0 Å². The van der Waals surface area contributed by atoms with Crippen molar-refractivity contribution in [3.05, 3.63) is 11.9 Å². The van der Waals surface area contributed by atoms with Crippen LogP contribution in [0.5, 0.6) is 0 Å². The first kappa shape index (κ1) is 10.8. The molecule has 2 bridgehead atoms. The molecule has 1 aromatic heterocycles. The summed E-state index contributed by atoms with van der Waals surface area (Å²) < 4.78 is 0. The standard InChI is InChI=1S/C12H19N5/c1-8-11(13)14-7-15-12(8)16-10-6-17-4-2-9(10)3-5-17/h7,9-10H,2-6H2,1H3,(H3,13,14,15,16). The van der Waals surface area contributed by atoms with Crippen LogP contribution >= 0.6 is 0 Å². The highest BCUT2D eigenvalue weighted by molar-refractivity contribution is 5.54. The largest absolute Gasteiger partial charge is 0.383 e. The summed E-state index contributed by atoms with van der Waals surface area (Å²) >= 11 is 0. The first-order chi connectivity index (χ1) is 8.24. The van der Waals surface area contributed by atoms with E-state index in [4.69, 9.17) is 5.73 Å². The highest BCUT2D eigenvalue weighted by Crippen LogP contribution is 2.30. The molecule has 0 amide bonds. The van der Waals surface area contributed by atoms with Crippen LogP contribution in [0.25, 0.3) is 0 Å². The zero-order valence-corrected chi connectivity index (χ0v) is 10.2. The zero-order valence-electron chi connectivity index (χ0n) is 10.2. The second-order valence-electron chi connectivity index (χ2n) is 5.12. The summed E-state index contributed by atoms with van der Waals surface area (Å²) in [6.45, 7) is 5.62. The minimum absolute atomic E-state index is 0.519. The minimum Gasteiger partial charge on any atom is -0.383 e. The molecule has 4 rings (SSSR count). The van der Waals surface area contributed by atoms with Crippen LogP contribution in [0.2, 0.25) is 0 Å². The summed E-state index contributed by atoms with van der Waals surface area (Å²) in [7, 11) is 0. The third-order valence-electron chi connectivity index (χ3n) is 4.10. The Morgan fingerprint density at radius 3 is 2.76 bits per heavy atom. The third-order valence-corrected chi connectivity index (χ3v) is 4.10. The van der Waals surface area contributed by atoms with Crippen LogP contribution < -0.4 is 11.1 Å². The molecule has 3 saturated heterocycles. The molecule has 0 saturated carbocycles. The number of hydrogen-bond acceptors (Lipinski definition) is 5. The molecule has 0 aromatic carbocycles. The van der Waals surface area contributed by atoms with E-state index in [1.54, 1.807) is 0 Å². The molecule has 92 valence electrons. The number of anilines is 2. The van der Waals surface area contributed by atoms with Crippen molar-refractivity contribution in [1.82, 2.24) is 14.9 Å². The molecule has 3 N–H and O–H groups in total. The van der Waals surface area contributed by atoms with Gasteiger partial charge in [0.15, 0.2) is 0 Å². The summed E-state index contributed by atoms with van der Waals surface area (Å²) in [5.41, 5.74) is 6.76. The van der Waals surface area contributed by atoms with Crippen LogP contribution in [0.15, 0.2) is 6.33 Å². The van der Waals surface area contributed by atoms with Gasteiger partial charge in [0.25, 0.3) is 0 Å². The van der Waals surface area contributed by atoms with Crippen LogP contribution in [0.4, 0.5) is 11.6 Å². The smallest absolute Gasteiger partial charge is 0.134 e. The molecule has 5 nitrogen and oxygen atoms in total. The van der Waals surface area contributed by atoms with Gasteiger partial charge in [-0.2, -0.15) is 0 Å². The maximum atomic E-state index is 5.80. The molecular weight excluding hydrogens is 214 g/mol. The van der Waals surface area contributed by atoms with E-state index >= 15 is 0 Å². The topological polar surface area (TPSA) is 67.1 Å². The van der Waals surface area contributed by atoms with E-state index in [1.807, 2.05) is 6.92 Å². The Morgan fingerprint density at radius 1 is 1.35 bits per heavy atom. The van der Waals surface area contributed by atoms with Crippen molar-refractivity contribution in [3.63, 3.8) is 0 Å². The van der Waals surface area contributed by atoms with Crippen LogP contribution in [-0.2, 0) is 0 Å². The number of nitrogens with one attached hydrogen (secondary N) is 1. The summed E-state index contributed by atoms with van der Waals surface area (Å²) in [5.74, 6) is 2.26. The SMILES string of the molecule is Cc1c(N)ncnc1NC1CN2CCC1CC2. The van der Waals surface area contributed by atoms with Crippen molar-refractivity contribution in [2.24, 2.45) is 5.92 Å². The Hall–Kier alpha value is -1.36. The number of nitrogen functional groups attached to an aromatic ring is 1. The highest BCUT2D eigenvalue weighted by atomic mass is 15.2. The molecule has 1 aromatic rings. The molecule has 3 aliphatic rings. The van der Waals surface area contributed by atoms with E-state index in [2.05, 4.69) is 20.2 Å². The summed E-state index contributed by atoms with van der Waals surface area (Å²) in [6.07, 6.45) is 4.14. The number of piperidine rings is 3. The van der Waals surface area contributed by atoms with Crippen LogP contribution in [0.1, 0.15) is 18.4 Å². The highest BCUT2D eigenvalue weighted by Gasteiger charge is 2.34. The van der Waals surface area contributed by atoms with Crippen LogP contribution in [0.3, 0.4) is 0 Å². The molecule has 3 fully saturated rings. The second kappa shape index (κ2) is 4.14. The molecule has 0 spiro atoms. The Labute approximate surface area is 101 Å². The van der Waals surface area contributed by atoms with Gasteiger partial charge < -0.3 is 16.0 Å². The van der Waals surface area contributed by atoms with Gasteiger partial charge in [0.1, 0.15) is 18.0 Å². The van der Waals surface area contributed by atoms with Crippen molar-refractivity contribution < 1.29 is 0 Å². The zero-order chi connectivity index (χ0) is 11.8. The van der Waals surface area contributed by atoms with Gasteiger partial charge in [0, 0.05) is 18.2 Å². The van der Waals surface area contributed by atoms with Crippen LogP contribution in [0, 0.1) is 12.8 Å². The molecule has 1 unspecified atom stereocenters. The fourth-order valence-electron chi connectivity index (χ4n) is 2.91. The number of nitrogens with zero attached hydrogens (tertiary/aromatic N) is 3. The van der Waals surface area contributed by atoms with Crippen molar-refractivity contribution in [2.75, 3.05) is 30.7 Å². The Kier molecular flexibility index (Phi) is 2.63. The Morgan fingerprint density at radius 2 is 2.12 bits per heavy atom. The van der Waals surface area contributed by atoms with Crippen molar-refractivity contribution in [3.8, 4) is 0 Å². The molecule has 4 heterocycles. The van der Waals surface area contributed by atoms with Gasteiger partial charge in [0.2, 0.25) is 0 Å². The van der Waals surface area contributed by atoms with Crippen molar-refractivity contribution in [2.45, 2.75) is 25.8 Å². The molecule has 1 atom stereocenters. The molecule has 5 heteroatoms. The lowest BCUT2D eigenvalue weighted by molar-refractivity contribution is 0.0973. The van der Waals surface area contributed by atoms with E-state index in [-0.39, 0.29) is 0 Å². The maximum absolute atomic E-state index is 5.80. The third kappa shape index (κ3) is 1.95. The summed E-state index contributed by atoms with van der Waals surface area (Å²) in [6, 6.07) is 0.519. The molecule has 0 aliphatic carbocycles. The maximum Gasteiger partial charge on any atom is 0.134 e. The summed E-state index contributed by atoms with van der Waals surface area (Å²) in [5, 5.41) is 3.55. The van der Waals surface area contributed by atoms with Gasteiger partial charge in [-0.25, -0.2) is 9.97 Å². The minimum atomic E-state index is 0.519. The Bertz CT molecular complexity index is 411. The second-order valence-corrected chi connectivity index (χ2v) is 5.12. The molecule has 3 aliphatic heterocycles.